The molecule has 170 valence electrons. The Balaban J connectivity index is 1.34. The van der Waals surface area contributed by atoms with Crippen LogP contribution >= 0.6 is 0 Å². The van der Waals surface area contributed by atoms with Crippen LogP contribution in [0.1, 0.15) is 47.9 Å². The number of rotatable bonds is 5. The summed E-state index contributed by atoms with van der Waals surface area (Å²) in [5.41, 5.74) is 3.35. The molecule has 3 aliphatic rings. The number of alkyl halides is 4. The lowest BCUT2D eigenvalue weighted by atomic mass is 9.92. The van der Waals surface area contributed by atoms with Crippen molar-refractivity contribution in [1.29, 1.82) is 0 Å². The van der Waals surface area contributed by atoms with Crippen LogP contribution in [0.3, 0.4) is 0 Å². The molecule has 0 radical (unpaired) electrons. The van der Waals surface area contributed by atoms with Gasteiger partial charge in [0.1, 0.15) is 0 Å². The van der Waals surface area contributed by atoms with E-state index in [1.807, 2.05) is 11.0 Å². The first-order valence-electron chi connectivity index (χ1n) is 11.3. The summed E-state index contributed by atoms with van der Waals surface area (Å²) >= 11 is 0. The van der Waals surface area contributed by atoms with Crippen LogP contribution in [0.4, 0.5) is 17.6 Å². The summed E-state index contributed by atoms with van der Waals surface area (Å²) in [6.07, 6.45) is -1.99. The minimum absolute atomic E-state index is 0.0201. The smallest absolute Gasteiger partial charge is 0.335 e. The molecule has 0 spiro atoms. The van der Waals surface area contributed by atoms with E-state index in [4.69, 9.17) is 0 Å². The van der Waals surface area contributed by atoms with Crippen molar-refractivity contribution in [2.24, 2.45) is 5.92 Å². The first kappa shape index (κ1) is 21.4. The molecule has 0 saturated carbocycles. The summed E-state index contributed by atoms with van der Waals surface area (Å²) in [6, 6.07) is 11.4. The molecule has 2 saturated heterocycles. The highest BCUT2D eigenvalue weighted by atomic mass is 19.4. The predicted molar refractivity (Wildman–Crippen MR) is 114 cm³/mol. The number of nitrogens with zero attached hydrogens (tertiary/aromatic N) is 2. The number of amides is 1. The van der Waals surface area contributed by atoms with E-state index in [0.29, 0.717) is 32.0 Å². The summed E-state index contributed by atoms with van der Waals surface area (Å²) in [7, 11) is 0. The van der Waals surface area contributed by atoms with Gasteiger partial charge in [-0.3, -0.25) is 9.18 Å². The third-order valence-corrected chi connectivity index (χ3v) is 7.23. The quantitative estimate of drug-likeness (QED) is 0.573. The minimum Gasteiger partial charge on any atom is -0.335 e. The number of hydrogen-bond acceptors (Lipinski definition) is 2. The Kier molecular flexibility index (Phi) is 5.48. The highest BCUT2D eigenvalue weighted by molar-refractivity contribution is 5.81. The van der Waals surface area contributed by atoms with E-state index >= 15 is 0 Å². The molecule has 3 nitrogen and oxygen atoms in total. The molecule has 5 rings (SSSR count). The second kappa shape index (κ2) is 8.18. The van der Waals surface area contributed by atoms with Gasteiger partial charge in [0, 0.05) is 26.2 Å². The Bertz CT molecular complexity index is 998. The van der Waals surface area contributed by atoms with Gasteiger partial charge in [-0.1, -0.05) is 24.3 Å². The molecule has 2 aromatic carbocycles. The number of benzene rings is 2. The number of likely N-dealkylation sites (tertiary alicyclic amines) is 2. The van der Waals surface area contributed by atoms with Gasteiger partial charge in [-0.25, -0.2) is 0 Å². The molecular formula is C25H26F4N2O. The minimum atomic E-state index is -4.35. The second-order valence-electron chi connectivity index (χ2n) is 9.19. The maximum Gasteiger partial charge on any atom is 0.416 e. The lowest BCUT2D eigenvalue weighted by Gasteiger charge is -2.43. The SMILES string of the molecule is O=C(C1CN(CCCF)C1)N1CCC2CC1c1cc(-c3ccc(C(F)(F)F)cc3)ccc12. The van der Waals surface area contributed by atoms with E-state index in [9.17, 15) is 22.4 Å². The van der Waals surface area contributed by atoms with Crippen molar-refractivity contribution in [3.05, 3.63) is 59.2 Å². The average molecular weight is 446 g/mol. The molecule has 32 heavy (non-hydrogen) atoms. The van der Waals surface area contributed by atoms with Crippen LogP contribution in [-0.4, -0.2) is 48.6 Å². The standard InChI is InChI=1S/C25H26F4N2O/c26-9-1-10-30-14-19(15-30)24(32)31-11-8-18-13-23(31)22-12-17(4-7-21(18)22)16-2-5-20(6-3-16)25(27,28)29/h2-7,12,18-19,23H,1,8-11,13-15H2. The molecule has 2 heterocycles. The highest BCUT2D eigenvalue weighted by Gasteiger charge is 2.44. The van der Waals surface area contributed by atoms with Crippen LogP contribution in [0.15, 0.2) is 42.5 Å². The van der Waals surface area contributed by atoms with Gasteiger partial charge in [0.2, 0.25) is 5.91 Å². The van der Waals surface area contributed by atoms with E-state index in [2.05, 4.69) is 17.0 Å². The van der Waals surface area contributed by atoms with Crippen LogP contribution in [0.25, 0.3) is 11.1 Å². The summed E-state index contributed by atoms with van der Waals surface area (Å²) in [5.74, 6) is 0.592. The molecule has 2 bridgehead atoms. The molecule has 2 fully saturated rings. The van der Waals surface area contributed by atoms with Crippen molar-refractivity contribution in [2.75, 3.05) is 32.9 Å². The topological polar surface area (TPSA) is 23.6 Å². The number of carbonyl (C=O) groups excluding carboxylic acids is 1. The van der Waals surface area contributed by atoms with E-state index in [1.54, 1.807) is 0 Å². The third kappa shape index (κ3) is 3.81. The van der Waals surface area contributed by atoms with Crippen molar-refractivity contribution in [1.82, 2.24) is 9.80 Å². The van der Waals surface area contributed by atoms with Gasteiger partial charge in [0.05, 0.1) is 24.2 Å². The van der Waals surface area contributed by atoms with Crippen LogP contribution in [0.5, 0.6) is 0 Å². The first-order chi connectivity index (χ1) is 15.3. The fraction of sp³-hybridized carbons (Fsp3) is 0.480. The lowest BCUT2D eigenvalue weighted by molar-refractivity contribution is -0.145. The van der Waals surface area contributed by atoms with Crippen molar-refractivity contribution >= 4 is 5.91 Å². The van der Waals surface area contributed by atoms with Crippen molar-refractivity contribution < 1.29 is 22.4 Å². The maximum absolute atomic E-state index is 13.2. The van der Waals surface area contributed by atoms with Crippen molar-refractivity contribution in [3.8, 4) is 11.1 Å². The van der Waals surface area contributed by atoms with E-state index in [-0.39, 0.29) is 24.5 Å². The highest BCUT2D eigenvalue weighted by Crippen LogP contribution is 2.50. The number of carbonyl (C=O) groups is 1. The monoisotopic (exact) mass is 446 g/mol. The summed E-state index contributed by atoms with van der Waals surface area (Å²) < 4.78 is 51.1. The lowest BCUT2D eigenvalue weighted by Crippen LogP contribution is -2.55. The molecule has 2 unspecified atom stereocenters. The van der Waals surface area contributed by atoms with Crippen LogP contribution in [0.2, 0.25) is 0 Å². The van der Waals surface area contributed by atoms with Gasteiger partial charge < -0.3 is 9.80 Å². The van der Waals surface area contributed by atoms with Gasteiger partial charge >= 0.3 is 6.18 Å². The maximum atomic E-state index is 13.2. The van der Waals surface area contributed by atoms with Crippen molar-refractivity contribution in [2.45, 2.75) is 37.4 Å². The van der Waals surface area contributed by atoms with Gasteiger partial charge in [0.15, 0.2) is 0 Å². The number of fused-ring (bicyclic) bond motifs is 5. The zero-order valence-electron chi connectivity index (χ0n) is 17.7. The summed E-state index contributed by atoms with van der Waals surface area (Å²) in [5, 5.41) is 0. The molecule has 1 amide bonds. The zero-order valence-corrected chi connectivity index (χ0v) is 17.7. The molecule has 2 aliphatic heterocycles. The fourth-order valence-corrected chi connectivity index (χ4v) is 5.50. The molecule has 2 aromatic rings. The van der Waals surface area contributed by atoms with Gasteiger partial charge in [-0.15, -0.1) is 0 Å². The molecular weight excluding hydrogens is 420 g/mol. The number of halogens is 4. The average Bonchev–Trinajstić information content (AvgIpc) is 3.03. The van der Waals surface area contributed by atoms with E-state index in [0.717, 1.165) is 48.2 Å². The van der Waals surface area contributed by atoms with Gasteiger partial charge in [-0.05, 0) is 65.6 Å². The normalized spacial score (nSPS) is 23.2. The van der Waals surface area contributed by atoms with Crippen LogP contribution in [0, 0.1) is 5.92 Å². The third-order valence-electron chi connectivity index (χ3n) is 7.23. The first-order valence-corrected chi connectivity index (χ1v) is 11.3. The molecule has 7 heteroatoms. The largest absolute Gasteiger partial charge is 0.416 e. The second-order valence-corrected chi connectivity index (χ2v) is 9.19. The summed E-state index contributed by atoms with van der Waals surface area (Å²) in [6.45, 7) is 2.50. The Morgan fingerprint density at radius 1 is 1.00 bits per heavy atom. The van der Waals surface area contributed by atoms with Gasteiger partial charge in [0.25, 0.3) is 0 Å². The summed E-state index contributed by atoms with van der Waals surface area (Å²) in [4.78, 5) is 17.3. The van der Waals surface area contributed by atoms with Crippen LogP contribution < -0.4 is 0 Å². The Labute approximate surface area is 185 Å². The zero-order chi connectivity index (χ0) is 22.5. The van der Waals surface area contributed by atoms with Crippen molar-refractivity contribution in [3.63, 3.8) is 0 Å². The molecule has 0 N–H and O–H groups in total. The fourth-order valence-electron chi connectivity index (χ4n) is 5.50. The molecule has 1 aliphatic carbocycles. The number of hydrogen-bond donors (Lipinski definition) is 0. The number of piperidine rings is 1. The Hall–Kier alpha value is -2.41. The Morgan fingerprint density at radius 2 is 1.72 bits per heavy atom. The molecule has 0 aromatic heterocycles. The Morgan fingerprint density at radius 3 is 2.41 bits per heavy atom. The molecule has 2 atom stereocenters. The van der Waals surface area contributed by atoms with E-state index < -0.39 is 11.7 Å². The van der Waals surface area contributed by atoms with E-state index in [1.165, 1.54) is 17.7 Å². The van der Waals surface area contributed by atoms with Gasteiger partial charge in [-0.2, -0.15) is 13.2 Å². The predicted octanol–water partition coefficient (Wildman–Crippen LogP) is 5.42. The van der Waals surface area contributed by atoms with Crippen LogP contribution in [-0.2, 0) is 11.0 Å².